The standard InChI is InChI=1S/C12H20N2/c1-12(2,3)11(14(4)13)10-8-6-5-7-9-10/h5-9,11H,13H2,1-4H3. The second-order valence-electron chi connectivity index (χ2n) is 4.84. The molecule has 0 spiro atoms. The minimum atomic E-state index is 0.144. The quantitative estimate of drug-likeness (QED) is 0.576. The van der Waals surface area contributed by atoms with E-state index in [9.17, 15) is 0 Å². The number of rotatable bonds is 2. The molecule has 0 heterocycles. The number of nitrogens with zero attached hydrogens (tertiary/aromatic N) is 1. The number of benzene rings is 1. The first-order chi connectivity index (χ1) is 6.43. The summed E-state index contributed by atoms with van der Waals surface area (Å²) in [7, 11) is 1.92. The van der Waals surface area contributed by atoms with Gasteiger partial charge in [-0.1, -0.05) is 51.1 Å². The predicted molar refractivity (Wildman–Crippen MR) is 60.6 cm³/mol. The molecule has 1 aromatic rings. The molecule has 0 saturated carbocycles. The summed E-state index contributed by atoms with van der Waals surface area (Å²) in [4.78, 5) is 0. The summed E-state index contributed by atoms with van der Waals surface area (Å²) in [5.41, 5.74) is 1.41. The van der Waals surface area contributed by atoms with Gasteiger partial charge in [-0.3, -0.25) is 5.84 Å². The first kappa shape index (κ1) is 11.2. The monoisotopic (exact) mass is 192 g/mol. The molecule has 0 aliphatic rings. The van der Waals surface area contributed by atoms with Crippen molar-refractivity contribution in [3.63, 3.8) is 0 Å². The molecule has 2 nitrogen and oxygen atoms in total. The van der Waals surface area contributed by atoms with E-state index in [0.29, 0.717) is 0 Å². The fourth-order valence-electron chi connectivity index (χ4n) is 1.98. The molecule has 1 aromatic carbocycles. The molecule has 0 saturated heterocycles. The largest absolute Gasteiger partial charge is 0.268 e. The first-order valence-corrected chi connectivity index (χ1v) is 4.95. The van der Waals surface area contributed by atoms with E-state index in [0.717, 1.165) is 0 Å². The van der Waals surface area contributed by atoms with Crippen molar-refractivity contribution in [1.29, 1.82) is 0 Å². The zero-order chi connectivity index (χ0) is 10.8. The van der Waals surface area contributed by atoms with Crippen LogP contribution in [-0.2, 0) is 0 Å². The minimum absolute atomic E-state index is 0.144. The first-order valence-electron chi connectivity index (χ1n) is 4.95. The molecule has 78 valence electrons. The summed E-state index contributed by atoms with van der Waals surface area (Å²) in [5, 5.41) is 1.79. The second-order valence-corrected chi connectivity index (χ2v) is 4.84. The van der Waals surface area contributed by atoms with E-state index in [4.69, 9.17) is 5.84 Å². The average molecular weight is 192 g/mol. The van der Waals surface area contributed by atoms with Crippen LogP contribution in [0.3, 0.4) is 0 Å². The molecular weight excluding hydrogens is 172 g/mol. The third kappa shape index (κ3) is 2.56. The normalized spacial score (nSPS) is 14.4. The van der Waals surface area contributed by atoms with Crippen LogP contribution in [0.4, 0.5) is 0 Å². The Balaban J connectivity index is 3.02. The van der Waals surface area contributed by atoms with Crippen molar-refractivity contribution in [1.82, 2.24) is 5.01 Å². The van der Waals surface area contributed by atoms with Crippen LogP contribution >= 0.6 is 0 Å². The lowest BCUT2D eigenvalue weighted by Gasteiger charge is -2.35. The smallest absolute Gasteiger partial charge is 0.0535 e. The number of hydrogen-bond acceptors (Lipinski definition) is 2. The molecule has 1 atom stereocenters. The lowest BCUT2D eigenvalue weighted by molar-refractivity contribution is 0.128. The third-order valence-corrected chi connectivity index (χ3v) is 2.34. The molecule has 1 unspecified atom stereocenters. The molecule has 14 heavy (non-hydrogen) atoms. The molecule has 0 bridgehead atoms. The Morgan fingerprint density at radius 3 is 2.00 bits per heavy atom. The van der Waals surface area contributed by atoms with Crippen molar-refractivity contribution in [2.75, 3.05) is 7.05 Å². The van der Waals surface area contributed by atoms with E-state index in [1.807, 2.05) is 13.1 Å². The van der Waals surface area contributed by atoms with Crippen LogP contribution in [0.2, 0.25) is 0 Å². The van der Waals surface area contributed by atoms with Gasteiger partial charge in [-0.25, -0.2) is 5.01 Å². The molecular formula is C12H20N2. The summed E-state index contributed by atoms with van der Waals surface area (Å²) in [5.74, 6) is 5.89. The van der Waals surface area contributed by atoms with Crippen LogP contribution in [0, 0.1) is 5.41 Å². The van der Waals surface area contributed by atoms with Gasteiger partial charge in [0, 0.05) is 7.05 Å². The molecule has 0 fully saturated rings. The zero-order valence-electron chi connectivity index (χ0n) is 9.49. The summed E-state index contributed by atoms with van der Waals surface area (Å²) in [6, 6.07) is 10.6. The molecule has 1 rings (SSSR count). The van der Waals surface area contributed by atoms with Crippen molar-refractivity contribution >= 4 is 0 Å². The Morgan fingerprint density at radius 2 is 1.64 bits per heavy atom. The van der Waals surface area contributed by atoms with E-state index in [1.165, 1.54) is 5.56 Å². The highest BCUT2D eigenvalue weighted by atomic mass is 15.4. The van der Waals surface area contributed by atoms with Crippen molar-refractivity contribution < 1.29 is 0 Å². The number of hydrazine groups is 1. The van der Waals surface area contributed by atoms with Gasteiger partial charge in [0.15, 0.2) is 0 Å². The molecule has 2 heteroatoms. The molecule has 2 N–H and O–H groups in total. The van der Waals surface area contributed by atoms with Crippen LogP contribution in [0.1, 0.15) is 32.4 Å². The van der Waals surface area contributed by atoms with E-state index in [1.54, 1.807) is 5.01 Å². The number of hydrogen-bond donors (Lipinski definition) is 1. The van der Waals surface area contributed by atoms with Crippen molar-refractivity contribution in [3.8, 4) is 0 Å². The Bertz CT molecular complexity index is 272. The maximum Gasteiger partial charge on any atom is 0.0535 e. The van der Waals surface area contributed by atoms with Gasteiger partial charge < -0.3 is 0 Å². The fraction of sp³-hybridized carbons (Fsp3) is 0.500. The molecule has 0 aliphatic carbocycles. The van der Waals surface area contributed by atoms with Crippen LogP contribution in [0.15, 0.2) is 30.3 Å². The number of nitrogens with two attached hydrogens (primary N) is 1. The Morgan fingerprint density at radius 1 is 1.14 bits per heavy atom. The van der Waals surface area contributed by atoms with Gasteiger partial charge in [0.2, 0.25) is 0 Å². The topological polar surface area (TPSA) is 29.3 Å². The van der Waals surface area contributed by atoms with E-state index in [-0.39, 0.29) is 11.5 Å². The maximum absolute atomic E-state index is 5.89. The fourth-order valence-corrected chi connectivity index (χ4v) is 1.98. The lowest BCUT2D eigenvalue weighted by Crippen LogP contribution is -2.38. The van der Waals surface area contributed by atoms with Gasteiger partial charge in [-0.2, -0.15) is 0 Å². The van der Waals surface area contributed by atoms with Crippen LogP contribution in [0.25, 0.3) is 0 Å². The molecule has 0 radical (unpaired) electrons. The average Bonchev–Trinajstić information content (AvgIpc) is 2.02. The van der Waals surface area contributed by atoms with Crippen molar-refractivity contribution in [2.24, 2.45) is 11.3 Å². The molecule has 0 aromatic heterocycles. The summed E-state index contributed by atoms with van der Waals surface area (Å²) in [6.07, 6.45) is 0. The minimum Gasteiger partial charge on any atom is -0.268 e. The molecule has 0 amide bonds. The second kappa shape index (κ2) is 4.11. The SMILES string of the molecule is CN(N)C(c1ccccc1)C(C)(C)C. The van der Waals surface area contributed by atoms with Gasteiger partial charge in [0.25, 0.3) is 0 Å². The Hall–Kier alpha value is -0.860. The summed E-state index contributed by atoms with van der Waals surface area (Å²) < 4.78 is 0. The van der Waals surface area contributed by atoms with Crippen molar-refractivity contribution in [3.05, 3.63) is 35.9 Å². The van der Waals surface area contributed by atoms with Gasteiger partial charge in [0.1, 0.15) is 0 Å². The van der Waals surface area contributed by atoms with Crippen LogP contribution in [-0.4, -0.2) is 12.1 Å². The lowest BCUT2D eigenvalue weighted by atomic mass is 9.82. The third-order valence-electron chi connectivity index (χ3n) is 2.34. The highest BCUT2D eigenvalue weighted by Crippen LogP contribution is 2.35. The Labute approximate surface area is 86.7 Å². The van der Waals surface area contributed by atoms with Crippen LogP contribution < -0.4 is 5.84 Å². The van der Waals surface area contributed by atoms with E-state index in [2.05, 4.69) is 45.0 Å². The highest BCUT2D eigenvalue weighted by molar-refractivity contribution is 5.20. The van der Waals surface area contributed by atoms with Gasteiger partial charge in [-0.15, -0.1) is 0 Å². The Kier molecular flexibility index (Phi) is 3.29. The molecule has 0 aliphatic heterocycles. The zero-order valence-corrected chi connectivity index (χ0v) is 9.49. The van der Waals surface area contributed by atoms with Gasteiger partial charge in [0.05, 0.1) is 6.04 Å². The predicted octanol–water partition coefficient (Wildman–Crippen LogP) is 2.58. The van der Waals surface area contributed by atoms with Crippen LogP contribution in [0.5, 0.6) is 0 Å². The maximum atomic E-state index is 5.89. The summed E-state index contributed by atoms with van der Waals surface area (Å²) >= 11 is 0. The highest BCUT2D eigenvalue weighted by Gasteiger charge is 2.28. The van der Waals surface area contributed by atoms with Gasteiger partial charge in [-0.05, 0) is 11.0 Å². The summed E-state index contributed by atoms with van der Waals surface area (Å²) in [6.45, 7) is 6.61. The van der Waals surface area contributed by atoms with Gasteiger partial charge >= 0.3 is 0 Å². The van der Waals surface area contributed by atoms with E-state index >= 15 is 0 Å². The van der Waals surface area contributed by atoms with E-state index < -0.39 is 0 Å². The van der Waals surface area contributed by atoms with Crippen molar-refractivity contribution in [2.45, 2.75) is 26.8 Å².